The van der Waals surface area contributed by atoms with Gasteiger partial charge in [-0.2, -0.15) is 9.97 Å². The highest BCUT2D eigenvalue weighted by Crippen LogP contribution is 2.25. The molecule has 0 aliphatic carbocycles. The summed E-state index contributed by atoms with van der Waals surface area (Å²) in [6.45, 7) is 8.20. The average molecular weight is 464 g/mol. The van der Waals surface area contributed by atoms with E-state index < -0.39 is 0 Å². The van der Waals surface area contributed by atoms with Crippen molar-refractivity contribution in [2.45, 2.75) is 58.7 Å². The van der Waals surface area contributed by atoms with Gasteiger partial charge in [-0.1, -0.05) is 6.92 Å². The molecule has 0 saturated carbocycles. The smallest absolute Gasteiger partial charge is 0.305 e. The maximum Gasteiger partial charge on any atom is 0.305 e. The van der Waals surface area contributed by atoms with Gasteiger partial charge >= 0.3 is 5.97 Å². The van der Waals surface area contributed by atoms with Crippen molar-refractivity contribution in [1.29, 1.82) is 0 Å². The van der Waals surface area contributed by atoms with Gasteiger partial charge in [0.2, 0.25) is 11.2 Å². The number of carbonyl (C=O) groups excluding carboxylic acids is 1. The fraction of sp³-hybridized carbons (Fsp3) is 0.619. The lowest BCUT2D eigenvalue weighted by atomic mass is 10.1. The molecule has 1 aliphatic heterocycles. The third-order valence-electron chi connectivity index (χ3n) is 5.12. The van der Waals surface area contributed by atoms with Crippen LogP contribution in [0, 0.1) is 0 Å². The largest absolute Gasteiger partial charge is 0.465 e. The van der Waals surface area contributed by atoms with Crippen LogP contribution in [0.25, 0.3) is 0 Å². The van der Waals surface area contributed by atoms with Crippen LogP contribution in [0.15, 0.2) is 12.3 Å². The molecular weight excluding hydrogens is 434 g/mol. The Balaban J connectivity index is 1.67. The van der Waals surface area contributed by atoms with Gasteiger partial charge in [0, 0.05) is 51.3 Å². The zero-order valence-corrected chi connectivity index (χ0v) is 19.7. The number of halogens is 1. The number of hydrogen-bond acceptors (Lipinski definition) is 10. The molecule has 174 valence electrons. The van der Waals surface area contributed by atoms with Gasteiger partial charge in [0.15, 0.2) is 5.82 Å². The topological polar surface area (TPSA) is 106 Å². The molecule has 1 aliphatic rings. The van der Waals surface area contributed by atoms with E-state index in [1.807, 2.05) is 13.0 Å². The van der Waals surface area contributed by atoms with Gasteiger partial charge in [0.05, 0.1) is 6.61 Å². The summed E-state index contributed by atoms with van der Waals surface area (Å²) in [5.74, 6) is 2.37. The molecule has 10 nitrogen and oxygen atoms in total. The predicted octanol–water partition coefficient (Wildman–Crippen LogP) is 2.45. The highest BCUT2D eigenvalue weighted by Gasteiger charge is 2.32. The van der Waals surface area contributed by atoms with Crippen molar-refractivity contribution in [3.63, 3.8) is 0 Å². The van der Waals surface area contributed by atoms with Crippen LogP contribution in [-0.4, -0.2) is 69.8 Å². The van der Waals surface area contributed by atoms with E-state index >= 15 is 0 Å². The molecule has 0 spiro atoms. The fourth-order valence-corrected chi connectivity index (χ4v) is 3.98. The van der Waals surface area contributed by atoms with Crippen LogP contribution in [0.2, 0.25) is 5.28 Å². The van der Waals surface area contributed by atoms with Crippen LogP contribution in [0.5, 0.6) is 0 Å². The molecule has 32 heavy (non-hydrogen) atoms. The van der Waals surface area contributed by atoms with Crippen molar-refractivity contribution >= 4 is 29.3 Å². The maximum atomic E-state index is 11.5. The van der Waals surface area contributed by atoms with Gasteiger partial charge in [-0.3, -0.25) is 4.79 Å². The summed E-state index contributed by atoms with van der Waals surface area (Å²) in [4.78, 5) is 37.9. The molecule has 2 atom stereocenters. The standard InChI is InChI=1S/C21H30ClN7O3/c1-5-6-19(30)32-10-8-16-23-9-7-18(24-16)28-11-14(2)29(15(3)12-28)21-26-17(13-31-4)25-20(22)27-21/h7,9,14-15H,5-6,8,10-13H2,1-4H3/t14-,15+. The summed E-state index contributed by atoms with van der Waals surface area (Å²) in [5, 5.41) is 0.156. The Morgan fingerprint density at radius 1 is 1.16 bits per heavy atom. The zero-order chi connectivity index (χ0) is 23.1. The van der Waals surface area contributed by atoms with Crippen molar-refractivity contribution < 1.29 is 14.3 Å². The number of nitrogens with zero attached hydrogens (tertiary/aromatic N) is 7. The Morgan fingerprint density at radius 3 is 2.59 bits per heavy atom. The molecule has 0 amide bonds. The van der Waals surface area contributed by atoms with Crippen molar-refractivity contribution in [3.8, 4) is 0 Å². The molecule has 0 radical (unpaired) electrons. The van der Waals surface area contributed by atoms with Crippen molar-refractivity contribution in [1.82, 2.24) is 24.9 Å². The van der Waals surface area contributed by atoms with E-state index in [-0.39, 0.29) is 36.6 Å². The van der Waals surface area contributed by atoms with Crippen LogP contribution in [0.3, 0.4) is 0 Å². The monoisotopic (exact) mass is 463 g/mol. The predicted molar refractivity (Wildman–Crippen MR) is 121 cm³/mol. The van der Waals surface area contributed by atoms with E-state index in [1.165, 1.54) is 0 Å². The second-order valence-electron chi connectivity index (χ2n) is 7.82. The van der Waals surface area contributed by atoms with Crippen LogP contribution in [0.1, 0.15) is 45.3 Å². The summed E-state index contributed by atoms with van der Waals surface area (Å²) in [7, 11) is 1.59. The number of piperazine rings is 1. The van der Waals surface area contributed by atoms with Crippen LogP contribution >= 0.6 is 11.6 Å². The normalized spacial score (nSPS) is 18.7. The minimum absolute atomic E-state index is 0.112. The summed E-state index contributed by atoms with van der Waals surface area (Å²) in [6, 6.07) is 2.13. The van der Waals surface area contributed by atoms with Crippen molar-refractivity contribution in [3.05, 3.63) is 29.2 Å². The number of methoxy groups -OCH3 is 1. The minimum atomic E-state index is -0.186. The second-order valence-corrected chi connectivity index (χ2v) is 8.15. The van der Waals surface area contributed by atoms with Gasteiger partial charge in [-0.15, -0.1) is 0 Å². The summed E-state index contributed by atoms with van der Waals surface area (Å²) in [6.07, 6.45) is 3.44. The van der Waals surface area contributed by atoms with Gasteiger partial charge < -0.3 is 19.3 Å². The number of carbonyl (C=O) groups is 1. The average Bonchev–Trinajstić information content (AvgIpc) is 2.73. The van der Waals surface area contributed by atoms with Crippen LogP contribution < -0.4 is 9.80 Å². The highest BCUT2D eigenvalue weighted by molar-refractivity contribution is 6.28. The molecule has 2 aromatic rings. The zero-order valence-electron chi connectivity index (χ0n) is 19.0. The first-order chi connectivity index (χ1) is 15.4. The van der Waals surface area contributed by atoms with E-state index in [1.54, 1.807) is 13.3 Å². The lowest BCUT2D eigenvalue weighted by molar-refractivity contribution is -0.143. The Labute approximate surface area is 193 Å². The number of ether oxygens (including phenoxy) is 2. The van der Waals surface area contributed by atoms with E-state index in [4.69, 9.17) is 21.1 Å². The van der Waals surface area contributed by atoms with Gasteiger partial charge in [0.25, 0.3) is 0 Å². The minimum Gasteiger partial charge on any atom is -0.465 e. The molecule has 2 aromatic heterocycles. The molecule has 0 N–H and O–H groups in total. The van der Waals surface area contributed by atoms with Gasteiger partial charge in [-0.25, -0.2) is 15.0 Å². The third-order valence-corrected chi connectivity index (χ3v) is 5.29. The van der Waals surface area contributed by atoms with Gasteiger partial charge in [0.1, 0.15) is 18.2 Å². The van der Waals surface area contributed by atoms with E-state index in [9.17, 15) is 4.79 Å². The second kappa shape index (κ2) is 11.3. The summed E-state index contributed by atoms with van der Waals surface area (Å²) < 4.78 is 10.4. The molecular formula is C21H30ClN7O3. The van der Waals surface area contributed by atoms with Crippen LogP contribution in [-0.2, 0) is 27.3 Å². The first-order valence-electron chi connectivity index (χ1n) is 10.8. The number of esters is 1. The Morgan fingerprint density at radius 2 is 1.91 bits per heavy atom. The molecule has 0 unspecified atom stereocenters. The first-order valence-corrected chi connectivity index (χ1v) is 11.2. The molecule has 11 heteroatoms. The molecule has 1 fully saturated rings. The van der Waals surface area contributed by atoms with Gasteiger partial charge in [-0.05, 0) is 37.9 Å². The number of anilines is 2. The number of aromatic nitrogens is 5. The molecule has 0 aromatic carbocycles. The summed E-state index contributed by atoms with van der Waals surface area (Å²) in [5.41, 5.74) is 0. The first kappa shape index (κ1) is 24.1. The fourth-order valence-electron chi connectivity index (χ4n) is 3.81. The highest BCUT2D eigenvalue weighted by atomic mass is 35.5. The molecule has 1 saturated heterocycles. The lowest BCUT2D eigenvalue weighted by Crippen LogP contribution is -2.58. The number of rotatable bonds is 9. The van der Waals surface area contributed by atoms with E-state index in [2.05, 4.69) is 48.6 Å². The SMILES string of the molecule is CCCC(=O)OCCc1nccc(N2C[C@@H](C)N(c3nc(Cl)nc(COC)n3)[C@@H](C)C2)n1. The van der Waals surface area contributed by atoms with Crippen molar-refractivity contribution in [2.24, 2.45) is 0 Å². The van der Waals surface area contributed by atoms with E-state index in [0.717, 1.165) is 25.3 Å². The summed E-state index contributed by atoms with van der Waals surface area (Å²) >= 11 is 6.12. The third kappa shape index (κ3) is 6.23. The van der Waals surface area contributed by atoms with Crippen molar-refractivity contribution in [2.75, 3.05) is 36.6 Å². The quantitative estimate of drug-likeness (QED) is 0.514. The molecule has 3 rings (SSSR count). The number of hydrogen-bond donors (Lipinski definition) is 0. The van der Waals surface area contributed by atoms with Crippen LogP contribution in [0.4, 0.5) is 11.8 Å². The Hall–Kier alpha value is -2.59. The Bertz CT molecular complexity index is 905. The maximum absolute atomic E-state index is 11.5. The van der Waals surface area contributed by atoms with E-state index in [0.29, 0.717) is 30.4 Å². The molecule has 3 heterocycles. The Kier molecular flexibility index (Phi) is 8.52. The molecule has 0 bridgehead atoms. The lowest BCUT2D eigenvalue weighted by Gasteiger charge is -2.44.